The van der Waals surface area contributed by atoms with Crippen molar-refractivity contribution in [3.05, 3.63) is 46.4 Å². The van der Waals surface area contributed by atoms with Crippen molar-refractivity contribution < 1.29 is 9.59 Å². The van der Waals surface area contributed by atoms with E-state index in [0.717, 1.165) is 24.1 Å². The van der Waals surface area contributed by atoms with Crippen LogP contribution >= 0.6 is 11.3 Å². The van der Waals surface area contributed by atoms with Gasteiger partial charge in [0.15, 0.2) is 5.13 Å². The molecule has 0 spiro atoms. The maximum Gasteiger partial charge on any atom is 0.240 e. The van der Waals surface area contributed by atoms with E-state index in [4.69, 9.17) is 0 Å². The van der Waals surface area contributed by atoms with Gasteiger partial charge in [0.1, 0.15) is 0 Å². The molecule has 2 amide bonds. The Morgan fingerprint density at radius 1 is 1.03 bits per heavy atom. The van der Waals surface area contributed by atoms with Gasteiger partial charge in [0.05, 0.1) is 17.5 Å². The van der Waals surface area contributed by atoms with Gasteiger partial charge < -0.3 is 0 Å². The van der Waals surface area contributed by atoms with E-state index >= 15 is 0 Å². The summed E-state index contributed by atoms with van der Waals surface area (Å²) in [7, 11) is 0. The molecule has 150 valence electrons. The molecule has 1 aliphatic heterocycles. The largest absolute Gasteiger partial charge is 0.274 e. The number of nitrogens with zero attached hydrogens (tertiary/aromatic N) is 2. The lowest BCUT2D eigenvalue weighted by molar-refractivity contribution is -0.123. The molecule has 2 aliphatic carbocycles. The predicted molar refractivity (Wildman–Crippen MR) is 116 cm³/mol. The quantitative estimate of drug-likeness (QED) is 0.505. The maximum atomic E-state index is 13.3. The van der Waals surface area contributed by atoms with Crippen molar-refractivity contribution in [3.8, 4) is 11.3 Å². The van der Waals surface area contributed by atoms with E-state index < -0.39 is 0 Å². The topological polar surface area (TPSA) is 50.3 Å². The zero-order chi connectivity index (χ0) is 20.4. The van der Waals surface area contributed by atoms with Crippen molar-refractivity contribution in [2.24, 2.45) is 23.7 Å². The van der Waals surface area contributed by atoms with E-state index in [1.165, 1.54) is 32.9 Å². The summed E-state index contributed by atoms with van der Waals surface area (Å²) < 4.78 is 0. The van der Waals surface area contributed by atoms with Crippen LogP contribution in [-0.2, 0) is 9.59 Å². The average Bonchev–Trinajstić information content (AvgIpc) is 3.44. The van der Waals surface area contributed by atoms with Gasteiger partial charge in [0.25, 0.3) is 0 Å². The van der Waals surface area contributed by atoms with Gasteiger partial charge in [-0.3, -0.25) is 9.59 Å². The summed E-state index contributed by atoms with van der Waals surface area (Å²) in [5, 5.41) is 2.47. The number of amides is 2. The second kappa shape index (κ2) is 6.63. The third kappa shape index (κ3) is 2.67. The number of rotatable bonds is 3. The number of carbonyl (C=O) groups is 2. The molecule has 5 heteroatoms. The zero-order valence-corrected chi connectivity index (χ0v) is 18.1. The lowest BCUT2D eigenvalue weighted by atomic mass is 9.81. The highest BCUT2D eigenvalue weighted by Crippen LogP contribution is 2.60. The van der Waals surface area contributed by atoms with Gasteiger partial charge in [-0.25, -0.2) is 9.88 Å². The van der Waals surface area contributed by atoms with Crippen molar-refractivity contribution in [2.45, 2.75) is 46.5 Å². The summed E-state index contributed by atoms with van der Waals surface area (Å²) in [4.78, 5) is 32.6. The Labute approximate surface area is 175 Å². The number of hydrogen-bond donors (Lipinski definition) is 0. The first kappa shape index (κ1) is 18.7. The van der Waals surface area contributed by atoms with Crippen LogP contribution in [0.4, 0.5) is 5.13 Å². The molecular weight excluding hydrogens is 380 g/mol. The highest BCUT2D eigenvalue weighted by Gasteiger charge is 2.64. The Kier molecular flexibility index (Phi) is 4.28. The normalized spacial score (nSPS) is 28.0. The fraction of sp³-hybridized carbons (Fsp3) is 0.458. The minimum absolute atomic E-state index is 0.0398. The van der Waals surface area contributed by atoms with Crippen LogP contribution in [0.3, 0.4) is 0 Å². The molecule has 29 heavy (non-hydrogen) atoms. The van der Waals surface area contributed by atoms with Gasteiger partial charge in [-0.1, -0.05) is 49.3 Å². The van der Waals surface area contributed by atoms with Crippen LogP contribution in [0, 0.1) is 23.7 Å². The van der Waals surface area contributed by atoms with Crippen LogP contribution in [0.1, 0.15) is 52.0 Å². The monoisotopic (exact) mass is 406 g/mol. The fourth-order valence-electron chi connectivity index (χ4n) is 5.72. The lowest BCUT2D eigenvalue weighted by Gasteiger charge is -2.18. The Balaban J connectivity index is 1.44. The number of hydrogen-bond acceptors (Lipinski definition) is 4. The van der Waals surface area contributed by atoms with E-state index in [2.05, 4.69) is 56.9 Å². The molecule has 4 nitrogen and oxygen atoms in total. The molecule has 0 N–H and O–H groups in total. The molecular formula is C24H26N2O2S. The van der Waals surface area contributed by atoms with Crippen LogP contribution in [0.2, 0.25) is 0 Å². The minimum atomic E-state index is -0.177. The maximum absolute atomic E-state index is 13.3. The number of thiazole rings is 1. The number of imide groups is 1. The zero-order valence-electron chi connectivity index (χ0n) is 17.3. The van der Waals surface area contributed by atoms with E-state index in [-0.39, 0.29) is 35.5 Å². The summed E-state index contributed by atoms with van der Waals surface area (Å²) in [5.74, 6) is 0.547. The van der Waals surface area contributed by atoms with Crippen molar-refractivity contribution >= 4 is 28.3 Å². The van der Waals surface area contributed by atoms with Gasteiger partial charge >= 0.3 is 0 Å². The van der Waals surface area contributed by atoms with E-state index in [9.17, 15) is 9.59 Å². The molecule has 3 fully saturated rings. The van der Waals surface area contributed by atoms with E-state index in [1.807, 2.05) is 5.38 Å². The van der Waals surface area contributed by atoms with Crippen molar-refractivity contribution in [3.63, 3.8) is 0 Å². The molecule has 2 aromatic rings. The minimum Gasteiger partial charge on any atom is -0.274 e. The first-order valence-electron chi connectivity index (χ1n) is 10.5. The molecule has 2 bridgehead atoms. The molecule has 1 aromatic carbocycles. The third-order valence-electron chi connectivity index (χ3n) is 6.99. The Hall–Kier alpha value is -2.27. The average molecular weight is 407 g/mol. The highest BCUT2D eigenvalue weighted by molar-refractivity contribution is 7.14. The fourth-order valence-corrected chi connectivity index (χ4v) is 6.56. The van der Waals surface area contributed by atoms with E-state index in [0.29, 0.717) is 11.0 Å². The van der Waals surface area contributed by atoms with Crippen LogP contribution in [-0.4, -0.2) is 16.8 Å². The van der Waals surface area contributed by atoms with Crippen molar-refractivity contribution in [1.29, 1.82) is 0 Å². The molecule has 3 aliphatic rings. The summed E-state index contributed by atoms with van der Waals surface area (Å²) >= 11 is 1.39. The van der Waals surface area contributed by atoms with E-state index in [1.54, 1.807) is 0 Å². The molecule has 4 atom stereocenters. The standard InChI is InChI=1S/C24H26N2O2S/c1-12(2)14-5-7-15(8-6-14)18-11-29-24(25-18)26-22(27)20-16-9-10-17(19(16)13(3)4)21(20)23(26)28/h5-8,11-12,16-17,20-21H,9-10H2,1-4H3/t16-,17+,20+,21-. The number of carbonyl (C=O) groups excluding carboxylic acids is 2. The van der Waals surface area contributed by atoms with Crippen molar-refractivity contribution in [1.82, 2.24) is 4.98 Å². The van der Waals surface area contributed by atoms with Crippen molar-refractivity contribution in [2.75, 3.05) is 4.90 Å². The predicted octanol–water partition coefficient (Wildman–Crippen LogP) is 5.42. The number of aromatic nitrogens is 1. The van der Waals surface area contributed by atoms with Gasteiger partial charge in [0.2, 0.25) is 11.8 Å². The summed E-state index contributed by atoms with van der Waals surface area (Å²) in [6.07, 6.45) is 2.06. The second-order valence-electron chi connectivity index (χ2n) is 9.10. The number of fused-ring (bicyclic) bond motifs is 5. The SMILES string of the molecule is CC(C)=C1[C@H]2CC[C@@H]1[C@H]1C(=O)N(c3nc(-c4ccc(C(C)C)cc4)cs3)C(=O)[C@H]12. The van der Waals surface area contributed by atoms with Gasteiger partial charge in [-0.15, -0.1) is 11.3 Å². The number of benzene rings is 1. The molecule has 2 saturated carbocycles. The number of anilines is 1. The smallest absolute Gasteiger partial charge is 0.240 e. The highest BCUT2D eigenvalue weighted by atomic mass is 32.1. The summed E-state index contributed by atoms with van der Waals surface area (Å²) in [6.45, 7) is 8.58. The first-order chi connectivity index (χ1) is 13.9. The molecule has 0 radical (unpaired) electrons. The number of allylic oxidation sites excluding steroid dienone is 2. The van der Waals surface area contributed by atoms with Crippen LogP contribution < -0.4 is 4.90 Å². The first-order valence-corrected chi connectivity index (χ1v) is 11.4. The van der Waals surface area contributed by atoms with Crippen LogP contribution in [0.15, 0.2) is 40.8 Å². The Bertz CT molecular complexity index is 997. The summed E-state index contributed by atoms with van der Waals surface area (Å²) in [6, 6.07) is 8.37. The van der Waals surface area contributed by atoms with Crippen LogP contribution in [0.5, 0.6) is 0 Å². The van der Waals surface area contributed by atoms with Crippen LogP contribution in [0.25, 0.3) is 11.3 Å². The molecule has 1 saturated heterocycles. The summed E-state index contributed by atoms with van der Waals surface area (Å²) in [5.41, 5.74) is 5.80. The lowest BCUT2D eigenvalue weighted by Crippen LogP contribution is -2.33. The molecule has 2 heterocycles. The molecule has 0 unspecified atom stereocenters. The Morgan fingerprint density at radius 3 is 2.14 bits per heavy atom. The Morgan fingerprint density at radius 2 is 1.62 bits per heavy atom. The van der Waals surface area contributed by atoms with Gasteiger partial charge in [-0.05, 0) is 50.0 Å². The molecule has 5 rings (SSSR count). The second-order valence-corrected chi connectivity index (χ2v) is 9.94. The van der Waals surface area contributed by atoms with Gasteiger partial charge in [0, 0.05) is 10.9 Å². The third-order valence-corrected chi connectivity index (χ3v) is 7.81. The van der Waals surface area contributed by atoms with Gasteiger partial charge in [-0.2, -0.15) is 0 Å². The molecule has 1 aromatic heterocycles.